The molecule has 2 heterocycles. The van der Waals surface area contributed by atoms with Gasteiger partial charge in [-0.25, -0.2) is 8.42 Å². The van der Waals surface area contributed by atoms with Crippen molar-refractivity contribution >= 4 is 33.2 Å². The summed E-state index contributed by atoms with van der Waals surface area (Å²) in [5, 5.41) is 5.55. The molecule has 176 valence electrons. The maximum absolute atomic E-state index is 13.3. The smallest absolute Gasteiger partial charge is 0.265 e. The van der Waals surface area contributed by atoms with Crippen LogP contribution in [0.2, 0.25) is 0 Å². The molecular formula is C23H27N3O6S. The third-order valence-corrected chi connectivity index (χ3v) is 7.58. The van der Waals surface area contributed by atoms with E-state index < -0.39 is 22.0 Å². The molecule has 0 spiro atoms. The van der Waals surface area contributed by atoms with Gasteiger partial charge in [-0.05, 0) is 57.0 Å². The summed E-state index contributed by atoms with van der Waals surface area (Å²) >= 11 is 0. The average molecular weight is 474 g/mol. The van der Waals surface area contributed by atoms with Gasteiger partial charge in [-0.15, -0.1) is 0 Å². The van der Waals surface area contributed by atoms with Gasteiger partial charge in [0.25, 0.3) is 5.91 Å². The van der Waals surface area contributed by atoms with E-state index in [-0.39, 0.29) is 23.3 Å². The lowest BCUT2D eigenvalue weighted by molar-refractivity contribution is -0.123. The number of carbonyl (C=O) groups excluding carboxylic acids is 2. The van der Waals surface area contributed by atoms with Crippen LogP contribution in [0.5, 0.6) is 11.5 Å². The number of fused-ring (bicyclic) bond motifs is 1. The molecule has 2 aromatic carbocycles. The van der Waals surface area contributed by atoms with E-state index in [1.165, 1.54) is 22.5 Å². The van der Waals surface area contributed by atoms with Crippen LogP contribution in [0.1, 0.15) is 26.7 Å². The van der Waals surface area contributed by atoms with Gasteiger partial charge in [0.15, 0.2) is 6.10 Å². The van der Waals surface area contributed by atoms with Crippen LogP contribution in [-0.2, 0) is 19.6 Å². The number of hydrogen-bond acceptors (Lipinski definition) is 6. The van der Waals surface area contributed by atoms with E-state index in [1.807, 2.05) is 13.0 Å². The van der Waals surface area contributed by atoms with Crippen molar-refractivity contribution in [3.8, 4) is 11.5 Å². The molecule has 2 N–H and O–H groups in total. The minimum Gasteiger partial charge on any atom is -0.492 e. The Bertz CT molecular complexity index is 1170. The number of piperidine rings is 1. The molecule has 2 aliphatic rings. The van der Waals surface area contributed by atoms with Crippen molar-refractivity contribution < 1.29 is 27.5 Å². The fraction of sp³-hybridized carbons (Fsp3) is 0.391. The standard InChI is InChI=1S/C23H27N3O6S/c1-3-31-20-9-5-4-8-18(20)24-23(28)16-7-6-12-26(14-16)33(29,30)17-10-11-21-19(13-17)25-22(27)15(2)32-21/h4-5,8-11,13,15-16H,3,6-7,12,14H2,1-2H3,(H,24,28)(H,25,27)/t15-,16+/m0/s1. The highest BCUT2D eigenvalue weighted by molar-refractivity contribution is 7.89. The molecule has 0 saturated carbocycles. The Morgan fingerprint density at radius 2 is 2.06 bits per heavy atom. The Morgan fingerprint density at radius 3 is 2.85 bits per heavy atom. The topological polar surface area (TPSA) is 114 Å². The monoisotopic (exact) mass is 473 g/mol. The molecule has 2 atom stereocenters. The highest BCUT2D eigenvalue weighted by atomic mass is 32.2. The summed E-state index contributed by atoms with van der Waals surface area (Å²) in [5.74, 6) is -0.0860. The van der Waals surface area contributed by atoms with Gasteiger partial charge in [0, 0.05) is 13.1 Å². The Morgan fingerprint density at radius 1 is 1.27 bits per heavy atom. The van der Waals surface area contributed by atoms with E-state index in [1.54, 1.807) is 25.1 Å². The van der Waals surface area contributed by atoms with Crippen LogP contribution < -0.4 is 20.1 Å². The van der Waals surface area contributed by atoms with Crippen molar-refractivity contribution in [3.63, 3.8) is 0 Å². The molecule has 0 bridgehead atoms. The second kappa shape index (κ2) is 9.40. The molecule has 0 aliphatic carbocycles. The SMILES string of the molecule is CCOc1ccccc1NC(=O)[C@@H]1CCCN(S(=O)(=O)c2ccc3c(c2)NC(=O)[C@H](C)O3)C1. The minimum atomic E-state index is -3.86. The maximum Gasteiger partial charge on any atom is 0.265 e. The Labute approximate surface area is 193 Å². The van der Waals surface area contributed by atoms with Crippen LogP contribution in [0, 0.1) is 5.92 Å². The lowest BCUT2D eigenvalue weighted by atomic mass is 9.98. The molecular weight excluding hydrogens is 446 g/mol. The van der Waals surface area contributed by atoms with Gasteiger partial charge >= 0.3 is 0 Å². The Balaban J connectivity index is 1.49. The van der Waals surface area contributed by atoms with Crippen LogP contribution in [0.15, 0.2) is 47.4 Å². The number of carbonyl (C=O) groups is 2. The van der Waals surface area contributed by atoms with Crippen LogP contribution in [0.4, 0.5) is 11.4 Å². The van der Waals surface area contributed by atoms with Gasteiger partial charge in [0.1, 0.15) is 11.5 Å². The van der Waals surface area contributed by atoms with Crippen molar-refractivity contribution in [1.29, 1.82) is 0 Å². The van der Waals surface area contributed by atoms with E-state index in [0.29, 0.717) is 48.9 Å². The number of hydrogen-bond donors (Lipinski definition) is 2. The van der Waals surface area contributed by atoms with E-state index in [4.69, 9.17) is 9.47 Å². The van der Waals surface area contributed by atoms with Crippen molar-refractivity contribution in [2.75, 3.05) is 30.3 Å². The third-order valence-electron chi connectivity index (χ3n) is 5.72. The molecule has 1 saturated heterocycles. The number of anilines is 2. The van der Waals surface area contributed by atoms with E-state index in [0.717, 1.165) is 0 Å². The van der Waals surface area contributed by atoms with Gasteiger partial charge in [-0.3, -0.25) is 9.59 Å². The summed E-state index contributed by atoms with van der Waals surface area (Å²) in [6.45, 7) is 4.34. The van der Waals surface area contributed by atoms with Gasteiger partial charge < -0.3 is 20.1 Å². The normalized spacial score (nSPS) is 20.8. The zero-order valence-corrected chi connectivity index (χ0v) is 19.4. The number of amides is 2. The first-order valence-electron chi connectivity index (χ1n) is 10.9. The molecule has 9 nitrogen and oxygen atoms in total. The highest BCUT2D eigenvalue weighted by Gasteiger charge is 2.34. The molecule has 2 amide bonds. The van der Waals surface area contributed by atoms with Crippen molar-refractivity contribution in [2.45, 2.75) is 37.7 Å². The summed E-state index contributed by atoms with van der Waals surface area (Å²) in [7, 11) is -3.86. The van der Waals surface area contributed by atoms with Gasteiger partial charge in [-0.2, -0.15) is 4.31 Å². The minimum absolute atomic E-state index is 0.0439. The van der Waals surface area contributed by atoms with E-state index in [9.17, 15) is 18.0 Å². The van der Waals surface area contributed by atoms with Crippen LogP contribution in [0.25, 0.3) is 0 Å². The number of sulfonamides is 1. The highest BCUT2D eigenvalue weighted by Crippen LogP contribution is 2.34. The van der Waals surface area contributed by atoms with E-state index in [2.05, 4.69) is 10.6 Å². The molecule has 4 rings (SSSR count). The number of benzene rings is 2. The zero-order chi connectivity index (χ0) is 23.6. The molecule has 0 radical (unpaired) electrons. The second-order valence-corrected chi connectivity index (χ2v) is 9.97. The lowest BCUT2D eigenvalue weighted by Gasteiger charge is -2.31. The predicted molar refractivity (Wildman–Crippen MR) is 123 cm³/mol. The molecule has 2 aliphatic heterocycles. The lowest BCUT2D eigenvalue weighted by Crippen LogP contribution is -2.43. The summed E-state index contributed by atoms with van der Waals surface area (Å²) in [4.78, 5) is 24.9. The third kappa shape index (κ3) is 4.81. The number of ether oxygens (including phenoxy) is 2. The van der Waals surface area contributed by atoms with Crippen LogP contribution in [0.3, 0.4) is 0 Å². The Kier molecular flexibility index (Phi) is 6.57. The first kappa shape index (κ1) is 23.1. The summed E-state index contributed by atoms with van der Waals surface area (Å²) in [6.07, 6.45) is 0.502. The van der Waals surface area contributed by atoms with Gasteiger partial charge in [0.05, 0.1) is 28.8 Å². The van der Waals surface area contributed by atoms with Crippen LogP contribution >= 0.6 is 0 Å². The van der Waals surface area contributed by atoms with Crippen molar-refractivity contribution in [1.82, 2.24) is 4.31 Å². The number of nitrogens with one attached hydrogen (secondary N) is 2. The fourth-order valence-electron chi connectivity index (χ4n) is 3.96. The number of rotatable bonds is 6. The van der Waals surface area contributed by atoms with Crippen molar-refractivity contribution in [2.24, 2.45) is 5.92 Å². The molecule has 0 unspecified atom stereocenters. The van der Waals surface area contributed by atoms with Crippen LogP contribution in [-0.4, -0.2) is 50.3 Å². The molecule has 2 aromatic rings. The summed E-state index contributed by atoms with van der Waals surface area (Å²) in [6, 6.07) is 11.5. The second-order valence-electron chi connectivity index (χ2n) is 8.03. The molecule has 1 fully saturated rings. The molecule has 0 aromatic heterocycles. The van der Waals surface area contributed by atoms with Gasteiger partial charge in [0.2, 0.25) is 15.9 Å². The van der Waals surface area contributed by atoms with E-state index >= 15 is 0 Å². The predicted octanol–water partition coefficient (Wildman–Crippen LogP) is 2.84. The summed E-state index contributed by atoms with van der Waals surface area (Å²) < 4.78 is 39.0. The largest absolute Gasteiger partial charge is 0.492 e. The average Bonchev–Trinajstić information content (AvgIpc) is 2.81. The molecule has 10 heteroatoms. The number of para-hydroxylation sites is 2. The summed E-state index contributed by atoms with van der Waals surface area (Å²) in [5.41, 5.74) is 0.877. The fourth-order valence-corrected chi connectivity index (χ4v) is 5.51. The van der Waals surface area contributed by atoms with Gasteiger partial charge in [-0.1, -0.05) is 12.1 Å². The van der Waals surface area contributed by atoms with Crippen molar-refractivity contribution in [3.05, 3.63) is 42.5 Å². The first-order valence-corrected chi connectivity index (χ1v) is 12.4. The molecule has 33 heavy (non-hydrogen) atoms. The quantitative estimate of drug-likeness (QED) is 0.667. The first-order chi connectivity index (χ1) is 15.8. The maximum atomic E-state index is 13.3. The number of nitrogens with zero attached hydrogens (tertiary/aromatic N) is 1. The Hall–Kier alpha value is -3.11. The zero-order valence-electron chi connectivity index (χ0n) is 18.5.